The molecule has 0 aliphatic heterocycles. The number of carboxylic acids is 1. The first-order valence-corrected chi connectivity index (χ1v) is 6.24. The van der Waals surface area contributed by atoms with Crippen LogP contribution >= 0.6 is 0 Å². The Hall–Kier alpha value is -2.21. The minimum atomic E-state index is -0.965. The second-order valence-electron chi connectivity index (χ2n) is 4.65. The number of benzene rings is 1. The zero-order valence-electron chi connectivity index (χ0n) is 11.7. The molecular weight excluding hydrogens is 258 g/mol. The number of methoxy groups -OCH3 is 1. The Morgan fingerprint density at radius 1 is 1.45 bits per heavy atom. The first-order valence-electron chi connectivity index (χ1n) is 6.24. The summed E-state index contributed by atoms with van der Waals surface area (Å²) in [6.45, 7) is 2.61. The normalized spacial score (nSPS) is 12.3. The van der Waals surface area contributed by atoms with Crippen molar-refractivity contribution in [1.29, 1.82) is 0 Å². The fourth-order valence-corrected chi connectivity index (χ4v) is 2.02. The van der Waals surface area contributed by atoms with Crippen LogP contribution in [0.15, 0.2) is 24.5 Å². The van der Waals surface area contributed by atoms with Crippen LogP contribution in [0.3, 0.4) is 0 Å². The van der Waals surface area contributed by atoms with Gasteiger partial charge in [0.15, 0.2) is 0 Å². The zero-order valence-corrected chi connectivity index (χ0v) is 11.7. The molecule has 1 aromatic carbocycles. The molecule has 6 nitrogen and oxygen atoms in total. The maximum Gasteiger partial charge on any atom is 0.335 e. The number of rotatable bonds is 5. The topological polar surface area (TPSA) is 75.5 Å². The van der Waals surface area contributed by atoms with Gasteiger partial charge in [-0.2, -0.15) is 0 Å². The summed E-state index contributed by atoms with van der Waals surface area (Å²) in [6, 6.07) is 5.01. The van der Waals surface area contributed by atoms with E-state index in [4.69, 9.17) is 9.84 Å². The maximum absolute atomic E-state index is 11.0. The summed E-state index contributed by atoms with van der Waals surface area (Å²) in [5.41, 5.74) is 0.834. The molecule has 0 saturated heterocycles. The van der Waals surface area contributed by atoms with E-state index >= 15 is 0 Å². The smallest absolute Gasteiger partial charge is 0.335 e. The molecule has 0 saturated carbocycles. The highest BCUT2D eigenvalue weighted by molar-refractivity contribution is 5.96. The van der Waals surface area contributed by atoms with Crippen LogP contribution < -0.4 is 4.90 Å². The molecule has 1 unspecified atom stereocenters. The van der Waals surface area contributed by atoms with E-state index in [1.807, 2.05) is 18.9 Å². The Labute approximate surface area is 117 Å². The van der Waals surface area contributed by atoms with Crippen molar-refractivity contribution in [2.75, 3.05) is 25.7 Å². The van der Waals surface area contributed by atoms with Gasteiger partial charge in [0, 0.05) is 19.5 Å². The lowest BCUT2D eigenvalue weighted by molar-refractivity contribution is 0.0697. The number of aromatic nitrogens is 2. The van der Waals surface area contributed by atoms with E-state index < -0.39 is 5.97 Å². The van der Waals surface area contributed by atoms with Crippen LogP contribution in [-0.2, 0) is 4.74 Å². The Balaban J connectivity index is 2.47. The van der Waals surface area contributed by atoms with Gasteiger partial charge in [-0.3, -0.25) is 0 Å². The molecule has 2 aromatic rings. The minimum Gasteiger partial charge on any atom is -0.478 e. The average molecular weight is 275 g/mol. The standard InChI is InChI=1S/C14H17N3O3/c1-9(7-20-3)17(2)13-11-5-4-10(14(18)19)6-12(11)15-8-16-13/h4-6,8-9H,7H2,1-3H3,(H,18,19). The Morgan fingerprint density at radius 2 is 2.20 bits per heavy atom. The highest BCUT2D eigenvalue weighted by atomic mass is 16.5. The molecule has 0 aliphatic carbocycles. The fourth-order valence-electron chi connectivity index (χ4n) is 2.02. The van der Waals surface area contributed by atoms with Crippen molar-refractivity contribution >= 4 is 22.7 Å². The molecule has 0 fully saturated rings. The number of anilines is 1. The molecule has 0 radical (unpaired) electrons. The molecule has 0 bridgehead atoms. The third kappa shape index (κ3) is 2.70. The SMILES string of the molecule is COCC(C)N(C)c1ncnc2cc(C(=O)O)ccc12. The van der Waals surface area contributed by atoms with Gasteiger partial charge in [0.1, 0.15) is 12.1 Å². The molecule has 1 N–H and O–H groups in total. The number of likely N-dealkylation sites (N-methyl/N-ethyl adjacent to an activating group) is 1. The molecule has 0 aliphatic rings. The van der Waals surface area contributed by atoms with Gasteiger partial charge in [-0.25, -0.2) is 14.8 Å². The Morgan fingerprint density at radius 3 is 2.85 bits per heavy atom. The molecule has 1 aromatic heterocycles. The van der Waals surface area contributed by atoms with Crippen LogP contribution in [0.4, 0.5) is 5.82 Å². The summed E-state index contributed by atoms with van der Waals surface area (Å²) in [4.78, 5) is 21.4. The van der Waals surface area contributed by atoms with Gasteiger partial charge in [-0.05, 0) is 25.1 Å². The van der Waals surface area contributed by atoms with E-state index in [1.54, 1.807) is 25.3 Å². The number of carbonyl (C=O) groups is 1. The second-order valence-corrected chi connectivity index (χ2v) is 4.65. The largest absolute Gasteiger partial charge is 0.478 e. The van der Waals surface area contributed by atoms with Gasteiger partial charge < -0.3 is 14.7 Å². The van der Waals surface area contributed by atoms with Crippen LogP contribution in [0.1, 0.15) is 17.3 Å². The van der Waals surface area contributed by atoms with Gasteiger partial charge in [-0.15, -0.1) is 0 Å². The predicted octanol–water partition coefficient (Wildman–Crippen LogP) is 1.80. The maximum atomic E-state index is 11.0. The number of ether oxygens (including phenoxy) is 1. The van der Waals surface area contributed by atoms with Gasteiger partial charge >= 0.3 is 5.97 Å². The monoisotopic (exact) mass is 275 g/mol. The Kier molecular flexibility index (Phi) is 4.14. The summed E-state index contributed by atoms with van der Waals surface area (Å²) in [5, 5.41) is 9.83. The third-order valence-corrected chi connectivity index (χ3v) is 3.27. The second kappa shape index (κ2) is 5.83. The van der Waals surface area contributed by atoms with Gasteiger partial charge in [0.2, 0.25) is 0 Å². The van der Waals surface area contributed by atoms with Crippen LogP contribution in [0, 0.1) is 0 Å². The molecular formula is C14H17N3O3. The van der Waals surface area contributed by atoms with Gasteiger partial charge in [0.05, 0.1) is 23.7 Å². The van der Waals surface area contributed by atoms with E-state index in [2.05, 4.69) is 9.97 Å². The van der Waals surface area contributed by atoms with Gasteiger partial charge in [-0.1, -0.05) is 0 Å². The lowest BCUT2D eigenvalue weighted by Gasteiger charge is -2.26. The summed E-state index contributed by atoms with van der Waals surface area (Å²) in [7, 11) is 3.58. The lowest BCUT2D eigenvalue weighted by atomic mass is 10.1. The highest BCUT2D eigenvalue weighted by Gasteiger charge is 2.15. The fraction of sp³-hybridized carbons (Fsp3) is 0.357. The van der Waals surface area contributed by atoms with Crippen LogP contribution in [0.25, 0.3) is 10.9 Å². The molecule has 1 heterocycles. The zero-order chi connectivity index (χ0) is 14.7. The predicted molar refractivity (Wildman–Crippen MR) is 76.2 cm³/mol. The van der Waals surface area contributed by atoms with Crippen LogP contribution in [0.2, 0.25) is 0 Å². The number of hydrogen-bond donors (Lipinski definition) is 1. The molecule has 106 valence electrons. The lowest BCUT2D eigenvalue weighted by Crippen LogP contribution is -2.33. The first-order chi connectivity index (χ1) is 9.54. The molecule has 20 heavy (non-hydrogen) atoms. The quantitative estimate of drug-likeness (QED) is 0.896. The van der Waals surface area contributed by atoms with E-state index in [0.29, 0.717) is 12.1 Å². The highest BCUT2D eigenvalue weighted by Crippen LogP contribution is 2.24. The van der Waals surface area contributed by atoms with E-state index in [0.717, 1.165) is 11.2 Å². The van der Waals surface area contributed by atoms with Crippen LogP contribution in [0.5, 0.6) is 0 Å². The van der Waals surface area contributed by atoms with E-state index in [9.17, 15) is 4.79 Å². The molecule has 2 rings (SSSR count). The molecule has 6 heteroatoms. The van der Waals surface area contributed by atoms with Crippen molar-refractivity contribution in [3.63, 3.8) is 0 Å². The number of hydrogen-bond acceptors (Lipinski definition) is 5. The number of aromatic carboxylic acids is 1. The van der Waals surface area contributed by atoms with Crippen molar-refractivity contribution in [2.45, 2.75) is 13.0 Å². The van der Waals surface area contributed by atoms with Crippen molar-refractivity contribution in [2.24, 2.45) is 0 Å². The molecule has 0 amide bonds. The van der Waals surface area contributed by atoms with Crippen molar-refractivity contribution < 1.29 is 14.6 Å². The summed E-state index contributed by atoms with van der Waals surface area (Å²) >= 11 is 0. The number of carboxylic acid groups (broad SMARTS) is 1. The summed E-state index contributed by atoms with van der Waals surface area (Å²) < 4.78 is 5.15. The molecule has 0 spiro atoms. The minimum absolute atomic E-state index is 0.150. The third-order valence-electron chi connectivity index (χ3n) is 3.27. The van der Waals surface area contributed by atoms with E-state index in [-0.39, 0.29) is 11.6 Å². The number of nitrogens with zero attached hydrogens (tertiary/aromatic N) is 3. The Bertz CT molecular complexity index is 630. The first kappa shape index (κ1) is 14.2. The van der Waals surface area contributed by atoms with Crippen LogP contribution in [-0.4, -0.2) is 47.8 Å². The molecule has 1 atom stereocenters. The van der Waals surface area contributed by atoms with E-state index in [1.165, 1.54) is 6.33 Å². The summed E-state index contributed by atoms with van der Waals surface area (Å²) in [6.07, 6.45) is 1.44. The van der Waals surface area contributed by atoms with Crippen molar-refractivity contribution in [3.8, 4) is 0 Å². The number of fused-ring (bicyclic) bond motifs is 1. The van der Waals surface area contributed by atoms with Crippen molar-refractivity contribution in [3.05, 3.63) is 30.1 Å². The average Bonchev–Trinajstić information content (AvgIpc) is 2.45. The summed E-state index contributed by atoms with van der Waals surface area (Å²) in [5.74, 6) is -0.204. The van der Waals surface area contributed by atoms with Gasteiger partial charge in [0.25, 0.3) is 0 Å². The van der Waals surface area contributed by atoms with Crippen molar-refractivity contribution in [1.82, 2.24) is 9.97 Å².